The summed E-state index contributed by atoms with van der Waals surface area (Å²) >= 11 is 0. The topological polar surface area (TPSA) is 59.8 Å². The van der Waals surface area contributed by atoms with Crippen molar-refractivity contribution in [1.29, 1.82) is 0 Å². The first-order valence-electron chi connectivity index (χ1n) is 5.19. The van der Waals surface area contributed by atoms with E-state index in [9.17, 15) is 9.59 Å². The van der Waals surface area contributed by atoms with Gasteiger partial charge in [-0.15, -0.1) is 0 Å². The lowest BCUT2D eigenvalue weighted by molar-refractivity contribution is -0.886. The standard InChI is InChI=1S/C10H18N2O3/c1-10(2,3)15-9(14)7-12-5-4-11-8(13)6-12/h4-7H2,1-3H3,(H,11,13)/p+1. The van der Waals surface area contributed by atoms with Gasteiger partial charge in [0, 0.05) is 0 Å². The number of carbonyl (C=O) groups excluding carboxylic acids is 2. The van der Waals surface area contributed by atoms with E-state index in [1.807, 2.05) is 20.8 Å². The van der Waals surface area contributed by atoms with Crippen molar-refractivity contribution < 1.29 is 19.2 Å². The van der Waals surface area contributed by atoms with Gasteiger partial charge in [-0.2, -0.15) is 0 Å². The molecule has 1 amide bonds. The van der Waals surface area contributed by atoms with E-state index < -0.39 is 5.60 Å². The van der Waals surface area contributed by atoms with Gasteiger partial charge in [-0.1, -0.05) is 0 Å². The van der Waals surface area contributed by atoms with E-state index in [0.29, 0.717) is 13.1 Å². The zero-order chi connectivity index (χ0) is 11.5. The Hall–Kier alpha value is -1.10. The second-order valence-electron chi connectivity index (χ2n) is 4.79. The average Bonchev–Trinajstić information content (AvgIpc) is 1.99. The van der Waals surface area contributed by atoms with Gasteiger partial charge in [-0.25, -0.2) is 4.79 Å². The second-order valence-corrected chi connectivity index (χ2v) is 4.79. The summed E-state index contributed by atoms with van der Waals surface area (Å²) in [5, 5.41) is 2.72. The second kappa shape index (κ2) is 4.61. The zero-order valence-corrected chi connectivity index (χ0v) is 9.55. The van der Waals surface area contributed by atoms with Crippen LogP contribution < -0.4 is 10.2 Å². The number of nitrogens with one attached hydrogen (secondary N) is 2. The van der Waals surface area contributed by atoms with E-state index in [0.717, 1.165) is 11.4 Å². The molecular weight excluding hydrogens is 196 g/mol. The predicted molar refractivity (Wildman–Crippen MR) is 54.4 cm³/mol. The summed E-state index contributed by atoms with van der Waals surface area (Å²) in [6.45, 7) is 7.56. The number of ether oxygens (including phenoxy) is 1. The summed E-state index contributed by atoms with van der Waals surface area (Å²) in [5.74, 6) is -0.244. The van der Waals surface area contributed by atoms with Crippen LogP contribution in [0.4, 0.5) is 0 Å². The van der Waals surface area contributed by atoms with Gasteiger partial charge in [0.1, 0.15) is 5.60 Å². The summed E-state index contributed by atoms with van der Waals surface area (Å²) in [4.78, 5) is 23.5. The van der Waals surface area contributed by atoms with E-state index in [1.165, 1.54) is 0 Å². The van der Waals surface area contributed by atoms with Crippen LogP contribution >= 0.6 is 0 Å². The quantitative estimate of drug-likeness (QED) is 0.542. The normalized spacial score (nSPS) is 22.1. The van der Waals surface area contributed by atoms with Crippen molar-refractivity contribution in [2.24, 2.45) is 0 Å². The van der Waals surface area contributed by atoms with Crippen molar-refractivity contribution >= 4 is 11.9 Å². The Kier molecular flexibility index (Phi) is 3.68. The molecule has 0 bridgehead atoms. The Morgan fingerprint density at radius 1 is 1.53 bits per heavy atom. The minimum Gasteiger partial charge on any atom is -0.456 e. The molecule has 1 aliphatic rings. The van der Waals surface area contributed by atoms with E-state index in [4.69, 9.17) is 4.74 Å². The smallest absolute Gasteiger partial charge is 0.362 e. The van der Waals surface area contributed by atoms with Gasteiger partial charge in [0.2, 0.25) is 0 Å². The minimum atomic E-state index is -0.450. The molecule has 0 aliphatic carbocycles. The number of amides is 1. The molecule has 2 N–H and O–H groups in total. The van der Waals surface area contributed by atoms with E-state index in [-0.39, 0.29) is 18.4 Å². The fraction of sp³-hybridized carbons (Fsp3) is 0.800. The molecule has 1 atom stereocenters. The van der Waals surface area contributed by atoms with Crippen LogP contribution in [-0.2, 0) is 14.3 Å². The Bertz CT molecular complexity index is 258. The molecule has 5 heteroatoms. The third-order valence-corrected chi connectivity index (χ3v) is 2.03. The van der Waals surface area contributed by atoms with Gasteiger partial charge in [-0.05, 0) is 20.8 Å². The van der Waals surface area contributed by atoms with Crippen molar-refractivity contribution in [1.82, 2.24) is 5.32 Å². The number of esters is 1. The van der Waals surface area contributed by atoms with Crippen LogP contribution in [0.3, 0.4) is 0 Å². The van der Waals surface area contributed by atoms with E-state index in [2.05, 4.69) is 5.32 Å². The molecule has 1 heterocycles. The molecule has 0 spiro atoms. The van der Waals surface area contributed by atoms with Gasteiger partial charge in [0.25, 0.3) is 5.91 Å². The van der Waals surface area contributed by atoms with Crippen molar-refractivity contribution in [3.63, 3.8) is 0 Å². The van der Waals surface area contributed by atoms with Crippen LogP contribution in [0.25, 0.3) is 0 Å². The van der Waals surface area contributed by atoms with Gasteiger partial charge in [0.05, 0.1) is 13.1 Å². The minimum absolute atomic E-state index is 0.000177. The zero-order valence-electron chi connectivity index (χ0n) is 9.55. The Morgan fingerprint density at radius 2 is 2.20 bits per heavy atom. The molecule has 15 heavy (non-hydrogen) atoms. The van der Waals surface area contributed by atoms with Crippen molar-refractivity contribution in [3.05, 3.63) is 0 Å². The number of quaternary nitrogens is 1. The van der Waals surface area contributed by atoms with Crippen molar-refractivity contribution in [3.8, 4) is 0 Å². The largest absolute Gasteiger partial charge is 0.456 e. The first-order chi connectivity index (χ1) is 6.87. The van der Waals surface area contributed by atoms with Crippen LogP contribution in [-0.4, -0.2) is 43.7 Å². The van der Waals surface area contributed by atoms with Crippen LogP contribution in [0, 0.1) is 0 Å². The molecular formula is C10H19N2O3+. The summed E-state index contributed by atoms with van der Waals surface area (Å²) in [7, 11) is 0. The van der Waals surface area contributed by atoms with Crippen LogP contribution in [0.5, 0.6) is 0 Å². The Labute approximate surface area is 89.8 Å². The molecule has 86 valence electrons. The maximum absolute atomic E-state index is 11.5. The number of rotatable bonds is 2. The molecule has 1 aliphatic heterocycles. The van der Waals surface area contributed by atoms with E-state index >= 15 is 0 Å². The molecule has 0 saturated carbocycles. The highest BCUT2D eigenvalue weighted by Gasteiger charge is 2.25. The molecule has 0 radical (unpaired) electrons. The highest BCUT2D eigenvalue weighted by Crippen LogP contribution is 2.05. The highest BCUT2D eigenvalue weighted by molar-refractivity contribution is 5.77. The third kappa shape index (κ3) is 4.78. The average molecular weight is 215 g/mol. The van der Waals surface area contributed by atoms with E-state index in [1.54, 1.807) is 0 Å². The van der Waals surface area contributed by atoms with Gasteiger partial charge < -0.3 is 15.0 Å². The lowest BCUT2D eigenvalue weighted by Gasteiger charge is -2.25. The van der Waals surface area contributed by atoms with Crippen molar-refractivity contribution in [2.45, 2.75) is 26.4 Å². The third-order valence-electron chi connectivity index (χ3n) is 2.03. The van der Waals surface area contributed by atoms with Crippen molar-refractivity contribution in [2.75, 3.05) is 26.2 Å². The fourth-order valence-electron chi connectivity index (χ4n) is 1.49. The molecule has 0 aromatic heterocycles. The monoisotopic (exact) mass is 215 g/mol. The fourth-order valence-corrected chi connectivity index (χ4v) is 1.49. The number of carbonyl (C=O) groups is 2. The predicted octanol–water partition coefficient (Wildman–Crippen LogP) is -1.66. The number of piperazine rings is 1. The maximum Gasteiger partial charge on any atom is 0.362 e. The maximum atomic E-state index is 11.5. The van der Waals surface area contributed by atoms with Crippen LogP contribution in [0.1, 0.15) is 20.8 Å². The number of hydrogen-bond donors (Lipinski definition) is 2. The molecule has 1 unspecified atom stereocenters. The van der Waals surface area contributed by atoms with Crippen LogP contribution in [0.15, 0.2) is 0 Å². The molecule has 1 fully saturated rings. The molecule has 0 aromatic carbocycles. The Balaban J connectivity index is 2.34. The lowest BCUT2D eigenvalue weighted by Crippen LogP contribution is -3.16. The molecule has 5 nitrogen and oxygen atoms in total. The summed E-state index contributed by atoms with van der Waals surface area (Å²) in [6.07, 6.45) is 0. The molecule has 1 rings (SSSR count). The van der Waals surface area contributed by atoms with Gasteiger partial charge >= 0.3 is 5.97 Å². The summed E-state index contributed by atoms with van der Waals surface area (Å²) in [5.41, 5.74) is -0.450. The van der Waals surface area contributed by atoms with Gasteiger partial charge in [0.15, 0.2) is 13.1 Å². The van der Waals surface area contributed by atoms with Crippen LogP contribution in [0.2, 0.25) is 0 Å². The molecule has 1 saturated heterocycles. The summed E-state index contributed by atoms with van der Waals surface area (Å²) < 4.78 is 5.18. The lowest BCUT2D eigenvalue weighted by atomic mass is 10.2. The summed E-state index contributed by atoms with van der Waals surface area (Å²) in [6, 6.07) is 0. The first kappa shape index (κ1) is 12.0. The molecule has 0 aromatic rings. The SMILES string of the molecule is CC(C)(C)OC(=O)C[NH+]1CCNC(=O)C1. The van der Waals surface area contributed by atoms with Gasteiger partial charge in [-0.3, -0.25) is 4.79 Å². The highest BCUT2D eigenvalue weighted by atomic mass is 16.6. The number of hydrogen-bond acceptors (Lipinski definition) is 3. The first-order valence-corrected chi connectivity index (χ1v) is 5.19. The Morgan fingerprint density at radius 3 is 2.73 bits per heavy atom.